The van der Waals surface area contributed by atoms with Gasteiger partial charge >= 0.3 is 0 Å². The molecule has 0 unspecified atom stereocenters. The minimum atomic E-state index is 0.688. The zero-order valence-electron chi connectivity index (χ0n) is 17.0. The van der Waals surface area contributed by atoms with Gasteiger partial charge in [-0.25, -0.2) is 4.98 Å². The van der Waals surface area contributed by atoms with Crippen molar-refractivity contribution in [2.45, 2.75) is 26.4 Å². The Labute approximate surface area is 176 Å². The van der Waals surface area contributed by atoms with E-state index >= 15 is 0 Å². The minimum Gasteiger partial charge on any atom is -0.497 e. The van der Waals surface area contributed by atoms with Crippen LogP contribution in [0.2, 0.25) is 0 Å². The molecule has 0 spiro atoms. The standard InChI is InChI=1S/C23H25N3O2S/c1-4-11-26(14-18-7-5-17(13-24)6-8-18)15-19-16-29-23(25-19)21-10-9-20(27-2)12-22(21)28-3/h5-10,12,16H,4,11,14-15H2,1-3H3. The van der Waals surface area contributed by atoms with Crippen LogP contribution in [0.15, 0.2) is 47.8 Å². The maximum absolute atomic E-state index is 8.97. The second-order valence-electron chi connectivity index (χ2n) is 6.73. The summed E-state index contributed by atoms with van der Waals surface area (Å²) >= 11 is 1.62. The molecule has 3 rings (SSSR count). The van der Waals surface area contributed by atoms with Crippen LogP contribution >= 0.6 is 11.3 Å². The molecule has 0 atom stereocenters. The molecule has 6 heteroatoms. The number of benzene rings is 2. The van der Waals surface area contributed by atoms with E-state index in [1.807, 2.05) is 42.5 Å². The summed E-state index contributed by atoms with van der Waals surface area (Å²) in [6, 6.07) is 15.7. The third-order valence-electron chi connectivity index (χ3n) is 4.61. The van der Waals surface area contributed by atoms with Gasteiger partial charge in [-0.1, -0.05) is 19.1 Å². The quantitative estimate of drug-likeness (QED) is 0.493. The first-order valence-corrected chi connectivity index (χ1v) is 10.4. The molecule has 0 bridgehead atoms. The molecule has 0 aliphatic rings. The normalized spacial score (nSPS) is 10.7. The van der Waals surface area contributed by atoms with Crippen molar-refractivity contribution in [2.24, 2.45) is 0 Å². The first-order valence-electron chi connectivity index (χ1n) is 9.55. The van der Waals surface area contributed by atoms with Crippen LogP contribution in [0, 0.1) is 11.3 Å². The summed E-state index contributed by atoms with van der Waals surface area (Å²) in [4.78, 5) is 7.23. The van der Waals surface area contributed by atoms with Crippen molar-refractivity contribution in [3.05, 3.63) is 64.7 Å². The highest BCUT2D eigenvalue weighted by atomic mass is 32.1. The Morgan fingerprint density at radius 1 is 1.07 bits per heavy atom. The van der Waals surface area contributed by atoms with Crippen molar-refractivity contribution >= 4 is 11.3 Å². The summed E-state index contributed by atoms with van der Waals surface area (Å²) in [6.45, 7) is 4.78. The van der Waals surface area contributed by atoms with E-state index in [1.165, 1.54) is 5.56 Å². The van der Waals surface area contributed by atoms with Gasteiger partial charge in [0.1, 0.15) is 16.5 Å². The topological polar surface area (TPSA) is 58.4 Å². The molecular weight excluding hydrogens is 382 g/mol. The van der Waals surface area contributed by atoms with E-state index in [9.17, 15) is 0 Å². The highest BCUT2D eigenvalue weighted by molar-refractivity contribution is 7.13. The fourth-order valence-corrected chi connectivity index (χ4v) is 4.02. The van der Waals surface area contributed by atoms with E-state index < -0.39 is 0 Å². The van der Waals surface area contributed by atoms with Crippen LogP contribution in [0.1, 0.15) is 30.2 Å². The number of rotatable bonds is 9. The monoisotopic (exact) mass is 407 g/mol. The summed E-state index contributed by atoms with van der Waals surface area (Å²) in [5.74, 6) is 1.52. The predicted octanol–water partition coefficient (Wildman–Crippen LogP) is 5.11. The summed E-state index contributed by atoms with van der Waals surface area (Å²) in [6.07, 6.45) is 1.07. The van der Waals surface area contributed by atoms with Crippen molar-refractivity contribution in [2.75, 3.05) is 20.8 Å². The SMILES string of the molecule is CCCN(Cc1ccc(C#N)cc1)Cc1csc(-c2ccc(OC)cc2OC)n1. The number of hydrogen-bond acceptors (Lipinski definition) is 6. The lowest BCUT2D eigenvalue weighted by Crippen LogP contribution is -2.23. The molecule has 0 fully saturated rings. The molecule has 0 radical (unpaired) electrons. The van der Waals surface area contributed by atoms with Crippen LogP contribution in [0.4, 0.5) is 0 Å². The van der Waals surface area contributed by atoms with Gasteiger partial charge in [-0.2, -0.15) is 5.26 Å². The van der Waals surface area contributed by atoms with Gasteiger partial charge < -0.3 is 9.47 Å². The van der Waals surface area contributed by atoms with Crippen LogP contribution < -0.4 is 9.47 Å². The Morgan fingerprint density at radius 2 is 1.86 bits per heavy atom. The van der Waals surface area contributed by atoms with Gasteiger partial charge in [0.2, 0.25) is 0 Å². The molecule has 0 N–H and O–H groups in total. The lowest BCUT2D eigenvalue weighted by molar-refractivity contribution is 0.255. The Bertz CT molecular complexity index is 977. The predicted molar refractivity (Wildman–Crippen MR) is 116 cm³/mol. The number of methoxy groups -OCH3 is 2. The Kier molecular flexibility index (Phi) is 7.23. The number of ether oxygens (including phenoxy) is 2. The van der Waals surface area contributed by atoms with Crippen molar-refractivity contribution in [1.29, 1.82) is 5.26 Å². The van der Waals surface area contributed by atoms with Crippen LogP contribution in [0.5, 0.6) is 11.5 Å². The lowest BCUT2D eigenvalue weighted by Gasteiger charge is -2.20. The molecule has 3 aromatic rings. The fraction of sp³-hybridized carbons (Fsp3) is 0.304. The molecule has 5 nitrogen and oxygen atoms in total. The van der Waals surface area contributed by atoms with E-state index in [2.05, 4.69) is 23.3 Å². The van der Waals surface area contributed by atoms with Crippen molar-refractivity contribution < 1.29 is 9.47 Å². The van der Waals surface area contributed by atoms with E-state index in [4.69, 9.17) is 19.7 Å². The molecule has 0 saturated carbocycles. The average Bonchev–Trinajstić information content (AvgIpc) is 3.22. The van der Waals surface area contributed by atoms with E-state index in [1.54, 1.807) is 25.6 Å². The van der Waals surface area contributed by atoms with Gasteiger partial charge in [0, 0.05) is 24.5 Å². The Hall–Kier alpha value is -2.88. The maximum Gasteiger partial charge on any atom is 0.132 e. The lowest BCUT2D eigenvalue weighted by atomic mass is 10.1. The van der Waals surface area contributed by atoms with Gasteiger partial charge in [0.15, 0.2) is 0 Å². The van der Waals surface area contributed by atoms with Crippen molar-refractivity contribution in [1.82, 2.24) is 9.88 Å². The fourth-order valence-electron chi connectivity index (χ4n) is 3.18. The highest BCUT2D eigenvalue weighted by Crippen LogP contribution is 2.35. The third-order valence-corrected chi connectivity index (χ3v) is 5.53. The summed E-state index contributed by atoms with van der Waals surface area (Å²) in [7, 11) is 3.31. The largest absolute Gasteiger partial charge is 0.497 e. The molecule has 0 amide bonds. The number of nitriles is 1. The smallest absolute Gasteiger partial charge is 0.132 e. The van der Waals surface area contributed by atoms with E-state index in [0.717, 1.165) is 53.8 Å². The molecule has 0 aliphatic heterocycles. The number of thiazole rings is 1. The van der Waals surface area contributed by atoms with Gasteiger partial charge in [0.25, 0.3) is 0 Å². The number of aromatic nitrogens is 1. The van der Waals surface area contributed by atoms with Gasteiger partial charge in [0.05, 0.1) is 37.1 Å². The second-order valence-corrected chi connectivity index (χ2v) is 7.59. The third kappa shape index (κ3) is 5.35. The zero-order valence-corrected chi connectivity index (χ0v) is 17.8. The molecule has 0 saturated heterocycles. The molecule has 0 aliphatic carbocycles. The van der Waals surface area contributed by atoms with Gasteiger partial charge in [-0.3, -0.25) is 4.90 Å². The van der Waals surface area contributed by atoms with Gasteiger partial charge in [-0.05, 0) is 42.8 Å². The molecule has 150 valence electrons. The second kappa shape index (κ2) is 10.1. The molecular formula is C23H25N3O2S. The minimum absolute atomic E-state index is 0.688. The van der Waals surface area contributed by atoms with E-state index in [0.29, 0.717) is 5.56 Å². The number of hydrogen-bond donors (Lipinski definition) is 0. The van der Waals surface area contributed by atoms with Crippen molar-refractivity contribution in [3.63, 3.8) is 0 Å². The Balaban J connectivity index is 1.75. The first-order chi connectivity index (χ1) is 14.2. The molecule has 29 heavy (non-hydrogen) atoms. The van der Waals surface area contributed by atoms with Crippen LogP contribution in [-0.4, -0.2) is 30.6 Å². The summed E-state index contributed by atoms with van der Waals surface area (Å²) < 4.78 is 10.8. The van der Waals surface area contributed by atoms with Gasteiger partial charge in [-0.15, -0.1) is 11.3 Å². The van der Waals surface area contributed by atoms with Crippen LogP contribution in [-0.2, 0) is 13.1 Å². The highest BCUT2D eigenvalue weighted by Gasteiger charge is 2.14. The average molecular weight is 408 g/mol. The van der Waals surface area contributed by atoms with Crippen LogP contribution in [0.3, 0.4) is 0 Å². The zero-order chi connectivity index (χ0) is 20.6. The maximum atomic E-state index is 8.97. The molecule has 2 aromatic carbocycles. The summed E-state index contributed by atoms with van der Waals surface area (Å²) in [5, 5.41) is 12.0. The summed E-state index contributed by atoms with van der Waals surface area (Å²) in [5.41, 5.74) is 3.90. The number of nitrogens with zero attached hydrogens (tertiary/aromatic N) is 3. The van der Waals surface area contributed by atoms with E-state index in [-0.39, 0.29) is 0 Å². The van der Waals surface area contributed by atoms with Crippen LogP contribution in [0.25, 0.3) is 10.6 Å². The first kappa shape index (κ1) is 20.8. The molecule has 1 aromatic heterocycles. The van der Waals surface area contributed by atoms with Crippen molar-refractivity contribution in [3.8, 4) is 28.1 Å². The Morgan fingerprint density at radius 3 is 2.52 bits per heavy atom. The molecule has 1 heterocycles.